The molecule has 2 aliphatic rings. The number of halogens is 1. The molecular weight excluding hydrogens is 314 g/mol. The maximum atomic E-state index is 12.6. The molecule has 0 aromatic heterocycles. The van der Waals surface area contributed by atoms with E-state index < -0.39 is 0 Å². The van der Waals surface area contributed by atoms with Crippen molar-refractivity contribution < 1.29 is 9.59 Å². The molecule has 2 saturated heterocycles. The first-order valence-corrected chi connectivity index (χ1v) is 8.42. The van der Waals surface area contributed by atoms with E-state index >= 15 is 0 Å². The van der Waals surface area contributed by atoms with Crippen LogP contribution in [0.25, 0.3) is 0 Å². The Labute approximate surface area is 141 Å². The van der Waals surface area contributed by atoms with Crippen molar-refractivity contribution in [3.05, 3.63) is 34.9 Å². The quantitative estimate of drug-likeness (QED) is 0.878. The molecule has 1 unspecified atom stereocenters. The SMILES string of the molecule is CC(=O)NC(CC(=O)N1C[C@H]2CNC[C@H]2C1)c1ccc(Cl)cc1. The van der Waals surface area contributed by atoms with Crippen LogP contribution >= 0.6 is 11.6 Å². The molecule has 2 aliphatic heterocycles. The second-order valence-corrected chi connectivity index (χ2v) is 6.92. The molecule has 0 saturated carbocycles. The van der Waals surface area contributed by atoms with E-state index in [9.17, 15) is 9.59 Å². The first-order chi connectivity index (χ1) is 11.0. The summed E-state index contributed by atoms with van der Waals surface area (Å²) in [5.41, 5.74) is 0.902. The smallest absolute Gasteiger partial charge is 0.225 e. The average molecular weight is 336 g/mol. The number of nitrogens with zero attached hydrogens (tertiary/aromatic N) is 1. The predicted octanol–water partition coefficient (Wildman–Crippen LogP) is 1.59. The Kier molecular flexibility index (Phi) is 4.87. The average Bonchev–Trinajstić information content (AvgIpc) is 3.08. The molecule has 0 aliphatic carbocycles. The number of hydrogen-bond donors (Lipinski definition) is 2. The highest BCUT2D eigenvalue weighted by atomic mass is 35.5. The highest BCUT2D eigenvalue weighted by molar-refractivity contribution is 6.30. The van der Waals surface area contributed by atoms with Gasteiger partial charge in [-0.2, -0.15) is 0 Å². The number of hydrogen-bond acceptors (Lipinski definition) is 3. The van der Waals surface area contributed by atoms with Crippen molar-refractivity contribution in [2.45, 2.75) is 19.4 Å². The van der Waals surface area contributed by atoms with Gasteiger partial charge in [-0.1, -0.05) is 23.7 Å². The Morgan fingerprint density at radius 1 is 1.26 bits per heavy atom. The van der Waals surface area contributed by atoms with Crippen LogP contribution in [0.1, 0.15) is 24.9 Å². The maximum Gasteiger partial charge on any atom is 0.225 e. The highest BCUT2D eigenvalue weighted by Gasteiger charge is 2.38. The van der Waals surface area contributed by atoms with Gasteiger partial charge in [0.05, 0.1) is 12.5 Å². The molecule has 0 radical (unpaired) electrons. The summed E-state index contributed by atoms with van der Waals surface area (Å²) in [6.07, 6.45) is 0.286. The summed E-state index contributed by atoms with van der Waals surface area (Å²) in [6, 6.07) is 6.97. The van der Waals surface area contributed by atoms with Crippen molar-refractivity contribution in [1.29, 1.82) is 0 Å². The van der Waals surface area contributed by atoms with E-state index in [0.29, 0.717) is 16.9 Å². The topological polar surface area (TPSA) is 61.4 Å². The minimum atomic E-state index is -0.309. The second kappa shape index (κ2) is 6.89. The third-order valence-electron chi connectivity index (χ3n) is 4.77. The van der Waals surface area contributed by atoms with Crippen molar-refractivity contribution in [1.82, 2.24) is 15.5 Å². The standard InChI is InChI=1S/C17H22ClN3O2/c1-11(22)20-16(12-2-4-15(18)5-3-12)6-17(23)21-9-13-7-19-8-14(13)10-21/h2-5,13-14,16,19H,6-10H2,1H3,(H,20,22)/t13-,14+,16?. The van der Waals surface area contributed by atoms with Crippen LogP contribution in [0, 0.1) is 11.8 Å². The molecule has 0 bridgehead atoms. The molecule has 0 spiro atoms. The van der Waals surface area contributed by atoms with Gasteiger partial charge in [-0.15, -0.1) is 0 Å². The van der Waals surface area contributed by atoms with Crippen LogP contribution in [0.4, 0.5) is 0 Å². The molecule has 2 amide bonds. The summed E-state index contributed by atoms with van der Waals surface area (Å²) in [7, 11) is 0. The zero-order valence-electron chi connectivity index (χ0n) is 13.2. The molecule has 5 nitrogen and oxygen atoms in total. The van der Waals surface area contributed by atoms with Gasteiger partial charge in [0, 0.05) is 38.1 Å². The van der Waals surface area contributed by atoms with Crippen LogP contribution in [0.2, 0.25) is 5.02 Å². The Bertz CT molecular complexity index is 578. The van der Waals surface area contributed by atoms with Gasteiger partial charge in [0.2, 0.25) is 11.8 Å². The molecule has 2 fully saturated rings. The van der Waals surface area contributed by atoms with Gasteiger partial charge >= 0.3 is 0 Å². The third kappa shape index (κ3) is 3.85. The van der Waals surface area contributed by atoms with Gasteiger partial charge in [0.15, 0.2) is 0 Å². The number of nitrogens with one attached hydrogen (secondary N) is 2. The Morgan fingerprint density at radius 3 is 2.43 bits per heavy atom. The second-order valence-electron chi connectivity index (χ2n) is 6.49. The summed E-state index contributed by atoms with van der Waals surface area (Å²) in [5, 5.41) is 6.89. The van der Waals surface area contributed by atoms with E-state index in [2.05, 4.69) is 10.6 Å². The molecule has 3 atom stereocenters. The van der Waals surface area contributed by atoms with E-state index in [4.69, 9.17) is 11.6 Å². The number of carbonyl (C=O) groups excluding carboxylic acids is 2. The van der Waals surface area contributed by atoms with E-state index in [1.54, 1.807) is 12.1 Å². The van der Waals surface area contributed by atoms with Crippen LogP contribution in [0.15, 0.2) is 24.3 Å². The molecule has 1 aromatic rings. The Morgan fingerprint density at radius 2 is 1.87 bits per heavy atom. The molecule has 6 heteroatoms. The maximum absolute atomic E-state index is 12.6. The third-order valence-corrected chi connectivity index (χ3v) is 5.02. The zero-order chi connectivity index (χ0) is 16.4. The van der Waals surface area contributed by atoms with Crippen molar-refractivity contribution in [2.75, 3.05) is 26.2 Å². The van der Waals surface area contributed by atoms with Crippen LogP contribution in [0.3, 0.4) is 0 Å². The summed E-state index contributed by atoms with van der Waals surface area (Å²) in [4.78, 5) is 26.1. The van der Waals surface area contributed by atoms with Crippen LogP contribution < -0.4 is 10.6 Å². The number of carbonyl (C=O) groups is 2. The monoisotopic (exact) mass is 335 g/mol. The summed E-state index contributed by atoms with van der Waals surface area (Å²) < 4.78 is 0. The number of benzene rings is 1. The first kappa shape index (κ1) is 16.3. The lowest BCUT2D eigenvalue weighted by molar-refractivity contribution is -0.131. The van der Waals surface area contributed by atoms with Gasteiger partial charge in [-0.05, 0) is 29.5 Å². The number of likely N-dealkylation sites (tertiary alicyclic amines) is 1. The molecule has 2 heterocycles. The molecule has 3 rings (SSSR count). The van der Waals surface area contributed by atoms with Gasteiger partial charge in [0.1, 0.15) is 0 Å². The number of fused-ring (bicyclic) bond motifs is 1. The summed E-state index contributed by atoms with van der Waals surface area (Å²) in [6.45, 7) is 5.12. The molecule has 1 aromatic carbocycles. The summed E-state index contributed by atoms with van der Waals surface area (Å²) in [5.74, 6) is 1.12. The van der Waals surface area contributed by atoms with E-state index in [0.717, 1.165) is 31.7 Å². The Balaban J connectivity index is 1.67. The lowest BCUT2D eigenvalue weighted by Gasteiger charge is -2.23. The van der Waals surface area contributed by atoms with E-state index in [1.165, 1.54) is 6.92 Å². The van der Waals surface area contributed by atoms with Gasteiger partial charge < -0.3 is 15.5 Å². The van der Waals surface area contributed by atoms with Crippen LogP contribution in [-0.4, -0.2) is 42.9 Å². The van der Waals surface area contributed by atoms with E-state index in [1.807, 2.05) is 17.0 Å². The minimum Gasteiger partial charge on any atom is -0.349 e. The number of amides is 2. The van der Waals surface area contributed by atoms with Crippen molar-refractivity contribution in [3.63, 3.8) is 0 Å². The lowest BCUT2D eigenvalue weighted by Crippen LogP contribution is -2.36. The fraction of sp³-hybridized carbons (Fsp3) is 0.529. The fourth-order valence-corrected chi connectivity index (χ4v) is 3.68. The fourth-order valence-electron chi connectivity index (χ4n) is 3.56. The highest BCUT2D eigenvalue weighted by Crippen LogP contribution is 2.28. The molecule has 124 valence electrons. The predicted molar refractivity (Wildman–Crippen MR) is 89.1 cm³/mol. The molecular formula is C17H22ClN3O2. The van der Waals surface area contributed by atoms with Crippen LogP contribution in [0.5, 0.6) is 0 Å². The van der Waals surface area contributed by atoms with E-state index in [-0.39, 0.29) is 24.3 Å². The minimum absolute atomic E-state index is 0.105. The first-order valence-electron chi connectivity index (χ1n) is 8.04. The number of rotatable bonds is 4. The normalized spacial score (nSPS) is 24.3. The zero-order valence-corrected chi connectivity index (χ0v) is 14.0. The van der Waals surface area contributed by atoms with Gasteiger partial charge in [0.25, 0.3) is 0 Å². The largest absolute Gasteiger partial charge is 0.349 e. The molecule has 2 N–H and O–H groups in total. The van der Waals surface area contributed by atoms with Crippen molar-refractivity contribution in [3.8, 4) is 0 Å². The van der Waals surface area contributed by atoms with Gasteiger partial charge in [-0.3, -0.25) is 9.59 Å². The van der Waals surface area contributed by atoms with Crippen molar-refractivity contribution in [2.24, 2.45) is 11.8 Å². The van der Waals surface area contributed by atoms with Crippen LogP contribution in [-0.2, 0) is 9.59 Å². The van der Waals surface area contributed by atoms with Crippen molar-refractivity contribution >= 4 is 23.4 Å². The van der Waals surface area contributed by atoms with Gasteiger partial charge in [-0.25, -0.2) is 0 Å². The lowest BCUT2D eigenvalue weighted by atomic mass is 10.0. The summed E-state index contributed by atoms with van der Waals surface area (Å²) >= 11 is 5.92. The molecule has 23 heavy (non-hydrogen) atoms. The Hall–Kier alpha value is -1.59.